The molecule has 9 nitrogen and oxygen atoms in total. The Labute approximate surface area is 203 Å². The van der Waals surface area contributed by atoms with Crippen molar-refractivity contribution in [1.29, 1.82) is 0 Å². The summed E-state index contributed by atoms with van der Waals surface area (Å²) < 4.78 is 38.9. The molecule has 13 heteroatoms. The summed E-state index contributed by atoms with van der Waals surface area (Å²) in [5.74, 6) is -2.27. The Morgan fingerprint density at radius 3 is 2.31 bits per heavy atom. The molecule has 1 saturated heterocycles. The van der Waals surface area contributed by atoms with Crippen molar-refractivity contribution in [3.8, 4) is 11.1 Å². The van der Waals surface area contributed by atoms with Crippen LogP contribution in [0, 0.1) is 0 Å². The minimum Gasteiger partial charge on any atom is -0.475 e. The molecule has 4 rings (SSSR count). The first-order valence-corrected chi connectivity index (χ1v) is 10.6. The number of carboxylic acids is 1. The van der Waals surface area contributed by atoms with Crippen LogP contribution in [0.25, 0.3) is 11.1 Å². The number of rotatable bonds is 4. The number of aliphatic carboxylic acids is 1. The molecule has 186 valence electrons. The fourth-order valence-corrected chi connectivity index (χ4v) is 3.30. The van der Waals surface area contributed by atoms with Crippen LogP contribution in [-0.4, -0.2) is 64.0 Å². The van der Waals surface area contributed by atoms with Gasteiger partial charge in [-0.1, -0.05) is 17.7 Å². The lowest BCUT2D eigenvalue weighted by Gasteiger charge is -2.26. The summed E-state index contributed by atoms with van der Waals surface area (Å²) in [7, 11) is 1.83. The fraction of sp³-hybridized carbons (Fsp3) is 0.273. The molecule has 1 aromatic carbocycles. The molecular weight excluding hydrogens is 491 g/mol. The number of alkyl halides is 3. The molecule has 0 saturated carbocycles. The number of amides is 1. The van der Waals surface area contributed by atoms with Gasteiger partial charge in [0.15, 0.2) is 0 Å². The molecule has 1 fully saturated rings. The van der Waals surface area contributed by atoms with E-state index in [2.05, 4.69) is 20.2 Å². The number of carbonyl (C=O) groups excluding carboxylic acids is 1. The Balaban J connectivity index is 0.000000429. The molecular formula is C22H21ClF3N5O4. The van der Waals surface area contributed by atoms with Crippen LogP contribution in [0.4, 0.5) is 24.8 Å². The van der Waals surface area contributed by atoms with Crippen LogP contribution < -0.4 is 10.2 Å². The van der Waals surface area contributed by atoms with E-state index >= 15 is 0 Å². The molecule has 1 aliphatic rings. The third kappa shape index (κ3) is 7.17. The van der Waals surface area contributed by atoms with E-state index in [9.17, 15) is 18.0 Å². The van der Waals surface area contributed by atoms with Gasteiger partial charge < -0.3 is 24.6 Å². The van der Waals surface area contributed by atoms with Crippen LogP contribution >= 0.6 is 11.6 Å². The van der Waals surface area contributed by atoms with Gasteiger partial charge in [-0.3, -0.25) is 4.79 Å². The standard InChI is InChI=1S/C20H20ClN5O2.C2HF3O2/c1-25-13-14(9-18(25)19(27)24-17-4-2-3-16(21)10-17)15-11-22-20(23-12-15)26-5-7-28-8-6-26;3-2(4,5)1(6)7/h2-4,9-13H,5-8H2,1H3,(H,24,27);(H,6,7). The third-order valence-corrected chi connectivity index (χ3v) is 5.06. The number of ether oxygens (including phenoxy) is 1. The number of halogens is 4. The first-order valence-electron chi connectivity index (χ1n) is 10.2. The second kappa shape index (κ2) is 11.2. The molecule has 0 aliphatic carbocycles. The molecule has 3 heterocycles. The zero-order chi connectivity index (χ0) is 25.6. The molecule has 2 aromatic heterocycles. The highest BCUT2D eigenvalue weighted by atomic mass is 35.5. The largest absolute Gasteiger partial charge is 0.490 e. The summed E-state index contributed by atoms with van der Waals surface area (Å²) >= 11 is 5.98. The van der Waals surface area contributed by atoms with Gasteiger partial charge in [-0.25, -0.2) is 14.8 Å². The normalized spacial score (nSPS) is 13.6. The van der Waals surface area contributed by atoms with Gasteiger partial charge in [0.25, 0.3) is 5.91 Å². The maximum absolute atomic E-state index is 12.6. The van der Waals surface area contributed by atoms with Crippen molar-refractivity contribution < 1.29 is 32.6 Å². The highest BCUT2D eigenvalue weighted by Crippen LogP contribution is 2.23. The van der Waals surface area contributed by atoms with Gasteiger partial charge in [-0.15, -0.1) is 0 Å². The van der Waals surface area contributed by atoms with E-state index < -0.39 is 12.1 Å². The topological polar surface area (TPSA) is 110 Å². The summed E-state index contributed by atoms with van der Waals surface area (Å²) in [6.45, 7) is 2.96. The Bertz CT molecular complexity index is 1180. The maximum atomic E-state index is 12.6. The van der Waals surface area contributed by atoms with Crippen molar-refractivity contribution in [1.82, 2.24) is 14.5 Å². The van der Waals surface area contributed by atoms with E-state index in [0.29, 0.717) is 35.6 Å². The number of carbonyl (C=O) groups is 2. The van der Waals surface area contributed by atoms with Crippen LogP contribution in [0.15, 0.2) is 48.9 Å². The van der Waals surface area contributed by atoms with Gasteiger partial charge >= 0.3 is 12.1 Å². The molecule has 0 bridgehead atoms. The van der Waals surface area contributed by atoms with Crippen LogP contribution in [-0.2, 0) is 16.6 Å². The molecule has 0 spiro atoms. The number of benzene rings is 1. The van der Waals surface area contributed by atoms with Gasteiger partial charge in [0.1, 0.15) is 5.69 Å². The molecule has 35 heavy (non-hydrogen) atoms. The molecule has 0 radical (unpaired) electrons. The average Bonchev–Trinajstić information content (AvgIpc) is 3.21. The predicted octanol–water partition coefficient (Wildman–Crippen LogP) is 3.86. The van der Waals surface area contributed by atoms with Gasteiger partial charge in [0.2, 0.25) is 5.95 Å². The lowest BCUT2D eigenvalue weighted by molar-refractivity contribution is -0.192. The lowest BCUT2D eigenvalue weighted by Crippen LogP contribution is -2.37. The predicted molar refractivity (Wildman–Crippen MR) is 123 cm³/mol. The number of hydrogen-bond acceptors (Lipinski definition) is 6. The van der Waals surface area contributed by atoms with E-state index in [1.165, 1.54) is 0 Å². The fourth-order valence-electron chi connectivity index (χ4n) is 3.11. The number of carboxylic acid groups (broad SMARTS) is 1. The molecule has 3 aromatic rings. The van der Waals surface area contributed by atoms with E-state index in [-0.39, 0.29) is 5.91 Å². The number of anilines is 2. The summed E-state index contributed by atoms with van der Waals surface area (Å²) in [6.07, 6.45) is 0.373. The van der Waals surface area contributed by atoms with Crippen molar-refractivity contribution in [2.24, 2.45) is 7.05 Å². The number of hydrogen-bond donors (Lipinski definition) is 2. The number of nitrogens with one attached hydrogen (secondary N) is 1. The number of aryl methyl sites for hydroxylation is 1. The molecule has 2 N–H and O–H groups in total. The van der Waals surface area contributed by atoms with E-state index in [0.717, 1.165) is 24.2 Å². The third-order valence-electron chi connectivity index (χ3n) is 4.83. The first-order chi connectivity index (χ1) is 16.5. The zero-order valence-electron chi connectivity index (χ0n) is 18.4. The highest BCUT2D eigenvalue weighted by Gasteiger charge is 2.38. The minimum absolute atomic E-state index is 0.207. The van der Waals surface area contributed by atoms with E-state index in [1.807, 2.05) is 19.3 Å². The highest BCUT2D eigenvalue weighted by molar-refractivity contribution is 6.31. The van der Waals surface area contributed by atoms with Crippen LogP contribution in [0.1, 0.15) is 10.5 Å². The second-order valence-corrected chi connectivity index (χ2v) is 7.80. The first kappa shape index (κ1) is 26.0. The van der Waals surface area contributed by atoms with Gasteiger partial charge in [0, 0.05) is 60.6 Å². The van der Waals surface area contributed by atoms with Crippen molar-refractivity contribution in [3.05, 3.63) is 59.6 Å². The van der Waals surface area contributed by atoms with Crippen molar-refractivity contribution in [3.63, 3.8) is 0 Å². The van der Waals surface area contributed by atoms with Crippen molar-refractivity contribution >= 4 is 35.1 Å². The van der Waals surface area contributed by atoms with E-state index in [4.69, 9.17) is 26.2 Å². The average molecular weight is 512 g/mol. The lowest BCUT2D eigenvalue weighted by atomic mass is 10.2. The maximum Gasteiger partial charge on any atom is 0.490 e. The smallest absolute Gasteiger partial charge is 0.475 e. The Hall–Kier alpha value is -3.64. The van der Waals surface area contributed by atoms with Crippen LogP contribution in [0.3, 0.4) is 0 Å². The second-order valence-electron chi connectivity index (χ2n) is 7.36. The van der Waals surface area contributed by atoms with Crippen LogP contribution in [0.5, 0.6) is 0 Å². The van der Waals surface area contributed by atoms with Crippen molar-refractivity contribution in [2.45, 2.75) is 6.18 Å². The summed E-state index contributed by atoms with van der Waals surface area (Å²) in [5, 5.41) is 10.6. The summed E-state index contributed by atoms with van der Waals surface area (Å²) in [4.78, 5) is 32.6. The minimum atomic E-state index is -5.08. The van der Waals surface area contributed by atoms with E-state index in [1.54, 1.807) is 41.2 Å². The molecule has 1 amide bonds. The van der Waals surface area contributed by atoms with Gasteiger partial charge in [-0.05, 0) is 24.3 Å². The molecule has 0 unspecified atom stereocenters. The Morgan fingerprint density at radius 1 is 1.11 bits per heavy atom. The van der Waals surface area contributed by atoms with Gasteiger partial charge in [0.05, 0.1) is 13.2 Å². The number of aromatic nitrogens is 3. The Morgan fingerprint density at radius 2 is 1.74 bits per heavy atom. The summed E-state index contributed by atoms with van der Waals surface area (Å²) in [5.41, 5.74) is 2.92. The number of nitrogens with zero attached hydrogens (tertiary/aromatic N) is 4. The van der Waals surface area contributed by atoms with Gasteiger partial charge in [-0.2, -0.15) is 13.2 Å². The quantitative estimate of drug-likeness (QED) is 0.547. The summed E-state index contributed by atoms with van der Waals surface area (Å²) in [6, 6.07) is 8.89. The molecule has 1 aliphatic heterocycles. The zero-order valence-corrected chi connectivity index (χ0v) is 19.2. The SMILES string of the molecule is Cn1cc(-c2cnc(N3CCOCC3)nc2)cc1C(=O)Nc1cccc(Cl)c1.O=C(O)C(F)(F)F. The van der Waals surface area contributed by atoms with Crippen molar-refractivity contribution in [2.75, 3.05) is 36.5 Å². The monoisotopic (exact) mass is 511 g/mol. The molecule has 0 atom stereocenters. The Kier molecular flexibility index (Phi) is 8.30. The number of morpholine rings is 1. The van der Waals surface area contributed by atoms with Crippen LogP contribution in [0.2, 0.25) is 5.02 Å².